The zero-order chi connectivity index (χ0) is 20.8. The average Bonchev–Trinajstić information content (AvgIpc) is 2.69. The molecule has 0 radical (unpaired) electrons. The largest absolute Gasteiger partial charge is 0.335 e. The fourth-order valence-corrected chi connectivity index (χ4v) is 3.20. The van der Waals surface area contributed by atoms with E-state index in [1.165, 1.54) is 15.7 Å². The third kappa shape index (κ3) is 5.90. The molecule has 5 nitrogen and oxygen atoms in total. The number of likely N-dealkylation sites (N-methyl/N-ethyl adjacent to an activating group) is 2. The van der Waals surface area contributed by atoms with Crippen molar-refractivity contribution in [1.82, 2.24) is 9.80 Å². The van der Waals surface area contributed by atoms with Crippen LogP contribution in [0.2, 0.25) is 0 Å². The van der Waals surface area contributed by atoms with Crippen LogP contribution in [0.4, 0.5) is 5.69 Å². The number of aryl methyl sites for hydroxylation is 1. The Kier molecular flexibility index (Phi) is 6.62. The molecule has 0 aliphatic carbocycles. The number of carbonyl (C=O) groups is 2. The lowest BCUT2D eigenvalue weighted by atomic mass is 10.1. The molecule has 0 fully saturated rings. The fraction of sp³-hybridized carbons (Fsp3) is 0.250. The lowest BCUT2D eigenvalue weighted by Gasteiger charge is -2.22. The maximum absolute atomic E-state index is 12.5. The Hall–Kier alpha value is -3.18. The summed E-state index contributed by atoms with van der Waals surface area (Å²) in [5.74, 6) is -0.297. The first-order chi connectivity index (χ1) is 13.9. The van der Waals surface area contributed by atoms with Gasteiger partial charge in [0, 0.05) is 19.3 Å². The molecule has 3 aromatic carbocycles. The van der Waals surface area contributed by atoms with E-state index in [1.807, 2.05) is 55.3 Å². The summed E-state index contributed by atoms with van der Waals surface area (Å²) >= 11 is 0. The zero-order valence-corrected chi connectivity index (χ0v) is 17.2. The first kappa shape index (κ1) is 20.6. The monoisotopic (exact) mass is 389 g/mol. The second kappa shape index (κ2) is 9.34. The number of benzene rings is 3. The van der Waals surface area contributed by atoms with Crippen molar-refractivity contribution in [3.8, 4) is 0 Å². The first-order valence-electron chi connectivity index (χ1n) is 9.67. The van der Waals surface area contributed by atoms with Crippen molar-refractivity contribution in [3.05, 3.63) is 77.9 Å². The van der Waals surface area contributed by atoms with Gasteiger partial charge in [0.25, 0.3) is 0 Å². The average molecular weight is 389 g/mol. The van der Waals surface area contributed by atoms with E-state index in [0.29, 0.717) is 6.54 Å². The summed E-state index contributed by atoms with van der Waals surface area (Å²) in [6.07, 6.45) is 0. The summed E-state index contributed by atoms with van der Waals surface area (Å²) in [6, 6.07) is 22.1. The molecular formula is C24H27N3O2. The predicted octanol–water partition coefficient (Wildman–Crippen LogP) is 3.68. The topological polar surface area (TPSA) is 52.7 Å². The van der Waals surface area contributed by atoms with Gasteiger partial charge in [0.2, 0.25) is 11.8 Å². The SMILES string of the molecule is Cc1ccc(NC(=O)CN(C)C(=O)CN(C)Cc2ccc3ccccc3c2)cc1. The van der Waals surface area contributed by atoms with Gasteiger partial charge in [0.15, 0.2) is 0 Å². The number of rotatable bonds is 7. The van der Waals surface area contributed by atoms with Crippen LogP contribution < -0.4 is 5.32 Å². The third-order valence-electron chi connectivity index (χ3n) is 4.81. The fourth-order valence-electron chi connectivity index (χ4n) is 3.20. The minimum atomic E-state index is -0.207. The molecule has 150 valence electrons. The Morgan fingerprint density at radius 2 is 1.55 bits per heavy atom. The molecule has 0 spiro atoms. The molecule has 3 rings (SSSR count). The van der Waals surface area contributed by atoms with Crippen molar-refractivity contribution in [2.24, 2.45) is 0 Å². The van der Waals surface area contributed by atoms with Crippen LogP contribution in [0.25, 0.3) is 10.8 Å². The summed E-state index contributed by atoms with van der Waals surface area (Å²) in [7, 11) is 3.56. The number of nitrogens with one attached hydrogen (secondary N) is 1. The molecule has 0 aliphatic rings. The summed E-state index contributed by atoms with van der Waals surface area (Å²) in [5, 5.41) is 5.21. The van der Waals surface area contributed by atoms with E-state index in [-0.39, 0.29) is 24.9 Å². The quantitative estimate of drug-likeness (QED) is 0.671. The van der Waals surface area contributed by atoms with Crippen LogP contribution >= 0.6 is 0 Å². The number of carbonyl (C=O) groups excluding carboxylic acids is 2. The van der Waals surface area contributed by atoms with Gasteiger partial charge in [-0.15, -0.1) is 0 Å². The molecule has 0 atom stereocenters. The molecule has 0 aromatic heterocycles. The summed E-state index contributed by atoms with van der Waals surface area (Å²) in [6.45, 7) is 2.93. The van der Waals surface area contributed by atoms with Gasteiger partial charge in [-0.05, 0) is 48.5 Å². The molecule has 0 saturated carbocycles. The number of fused-ring (bicyclic) bond motifs is 1. The van der Waals surface area contributed by atoms with E-state index in [0.717, 1.165) is 16.8 Å². The highest BCUT2D eigenvalue weighted by atomic mass is 16.2. The van der Waals surface area contributed by atoms with E-state index in [4.69, 9.17) is 0 Å². The summed E-state index contributed by atoms with van der Waals surface area (Å²) in [4.78, 5) is 28.1. The van der Waals surface area contributed by atoms with Gasteiger partial charge in [-0.1, -0.05) is 54.1 Å². The van der Waals surface area contributed by atoms with Crippen LogP contribution in [0.15, 0.2) is 66.7 Å². The highest BCUT2D eigenvalue weighted by Gasteiger charge is 2.15. The molecule has 2 amide bonds. The predicted molar refractivity (Wildman–Crippen MR) is 118 cm³/mol. The minimum Gasteiger partial charge on any atom is -0.335 e. The van der Waals surface area contributed by atoms with Crippen molar-refractivity contribution in [2.45, 2.75) is 13.5 Å². The molecule has 0 saturated heterocycles. The van der Waals surface area contributed by atoms with E-state index >= 15 is 0 Å². The molecular weight excluding hydrogens is 362 g/mol. The second-order valence-electron chi connectivity index (χ2n) is 7.52. The van der Waals surface area contributed by atoms with Crippen molar-refractivity contribution in [3.63, 3.8) is 0 Å². The van der Waals surface area contributed by atoms with E-state index < -0.39 is 0 Å². The second-order valence-corrected chi connectivity index (χ2v) is 7.52. The van der Waals surface area contributed by atoms with Crippen molar-refractivity contribution in [2.75, 3.05) is 32.5 Å². The maximum atomic E-state index is 12.5. The molecule has 0 bridgehead atoms. The molecule has 3 aromatic rings. The van der Waals surface area contributed by atoms with Crippen LogP contribution in [0.1, 0.15) is 11.1 Å². The number of nitrogens with zero attached hydrogens (tertiary/aromatic N) is 2. The highest BCUT2D eigenvalue weighted by molar-refractivity contribution is 5.94. The lowest BCUT2D eigenvalue weighted by molar-refractivity contribution is -0.134. The number of hydrogen-bond acceptors (Lipinski definition) is 3. The standard InChI is InChI=1S/C24H27N3O2/c1-18-8-12-22(13-9-18)25-23(28)16-27(3)24(29)17-26(2)15-19-10-11-20-6-4-5-7-21(20)14-19/h4-14H,15-17H2,1-3H3,(H,25,28). The normalized spacial score (nSPS) is 10.9. The van der Waals surface area contributed by atoms with Crippen LogP contribution in [-0.2, 0) is 16.1 Å². The summed E-state index contributed by atoms with van der Waals surface area (Å²) in [5.41, 5.74) is 3.01. The van der Waals surface area contributed by atoms with Gasteiger partial charge in [-0.3, -0.25) is 14.5 Å². The van der Waals surface area contributed by atoms with Gasteiger partial charge in [0.1, 0.15) is 0 Å². The van der Waals surface area contributed by atoms with Gasteiger partial charge in [-0.2, -0.15) is 0 Å². The Morgan fingerprint density at radius 1 is 0.862 bits per heavy atom. The maximum Gasteiger partial charge on any atom is 0.243 e. The number of amides is 2. The Labute approximate surface area is 171 Å². The Morgan fingerprint density at radius 3 is 2.28 bits per heavy atom. The smallest absolute Gasteiger partial charge is 0.243 e. The van der Waals surface area contributed by atoms with Crippen LogP contribution in [0, 0.1) is 6.92 Å². The van der Waals surface area contributed by atoms with Crippen molar-refractivity contribution >= 4 is 28.3 Å². The van der Waals surface area contributed by atoms with Gasteiger partial charge < -0.3 is 10.2 Å². The van der Waals surface area contributed by atoms with Gasteiger partial charge in [0.05, 0.1) is 13.1 Å². The molecule has 0 aliphatic heterocycles. The molecule has 0 unspecified atom stereocenters. The van der Waals surface area contributed by atoms with E-state index in [2.05, 4.69) is 35.6 Å². The van der Waals surface area contributed by atoms with E-state index in [9.17, 15) is 9.59 Å². The van der Waals surface area contributed by atoms with Gasteiger partial charge in [-0.25, -0.2) is 0 Å². The van der Waals surface area contributed by atoms with Crippen molar-refractivity contribution < 1.29 is 9.59 Å². The van der Waals surface area contributed by atoms with Crippen LogP contribution in [0.5, 0.6) is 0 Å². The van der Waals surface area contributed by atoms with Crippen molar-refractivity contribution in [1.29, 1.82) is 0 Å². The Balaban J connectivity index is 1.49. The minimum absolute atomic E-state index is 0.0243. The molecule has 1 N–H and O–H groups in total. The Bertz CT molecular complexity index is 998. The van der Waals surface area contributed by atoms with Crippen LogP contribution in [0.3, 0.4) is 0 Å². The number of anilines is 1. The third-order valence-corrected chi connectivity index (χ3v) is 4.81. The zero-order valence-electron chi connectivity index (χ0n) is 17.2. The summed E-state index contributed by atoms with van der Waals surface area (Å²) < 4.78 is 0. The highest BCUT2D eigenvalue weighted by Crippen LogP contribution is 2.16. The van der Waals surface area contributed by atoms with Crippen LogP contribution in [-0.4, -0.2) is 48.8 Å². The molecule has 29 heavy (non-hydrogen) atoms. The van der Waals surface area contributed by atoms with E-state index in [1.54, 1.807) is 7.05 Å². The first-order valence-corrected chi connectivity index (χ1v) is 9.67. The number of hydrogen-bond donors (Lipinski definition) is 1. The molecule has 5 heteroatoms. The molecule has 0 heterocycles. The van der Waals surface area contributed by atoms with Gasteiger partial charge >= 0.3 is 0 Å². The lowest BCUT2D eigenvalue weighted by Crippen LogP contribution is -2.40.